The van der Waals surface area contributed by atoms with Crippen LogP contribution in [0.1, 0.15) is 38.8 Å². The average molecular weight is 217 g/mol. The number of hydrogen-bond donors (Lipinski definition) is 1. The Kier molecular flexibility index (Phi) is 5.27. The molecule has 0 aromatic heterocycles. The Morgan fingerprint density at radius 1 is 1.19 bits per heavy atom. The fourth-order valence-corrected chi connectivity index (χ4v) is 1.81. The van der Waals surface area contributed by atoms with E-state index < -0.39 is 0 Å². The van der Waals surface area contributed by atoms with Crippen molar-refractivity contribution in [3.05, 3.63) is 48.0 Å². The quantitative estimate of drug-likeness (QED) is 0.712. The second kappa shape index (κ2) is 6.49. The van der Waals surface area contributed by atoms with E-state index in [2.05, 4.69) is 56.9 Å². The summed E-state index contributed by atoms with van der Waals surface area (Å²) in [6.45, 7) is 11.7. The predicted molar refractivity (Wildman–Crippen MR) is 71.5 cm³/mol. The summed E-state index contributed by atoms with van der Waals surface area (Å²) in [6, 6.07) is 10.9. The van der Waals surface area contributed by atoms with Crippen LogP contribution in [0.15, 0.2) is 42.5 Å². The first-order valence-corrected chi connectivity index (χ1v) is 6.04. The van der Waals surface area contributed by atoms with E-state index in [1.807, 2.05) is 6.07 Å². The number of benzene rings is 1. The number of hydrogen-bond acceptors (Lipinski definition) is 1. The van der Waals surface area contributed by atoms with Gasteiger partial charge < -0.3 is 5.32 Å². The van der Waals surface area contributed by atoms with Crippen LogP contribution in [0.3, 0.4) is 0 Å². The molecule has 16 heavy (non-hydrogen) atoms. The van der Waals surface area contributed by atoms with Crippen molar-refractivity contribution < 1.29 is 0 Å². The maximum absolute atomic E-state index is 4.10. The smallest absolute Gasteiger partial charge is 0.0294 e. The predicted octanol–water partition coefficient (Wildman–Crippen LogP) is 3.94. The summed E-state index contributed by atoms with van der Waals surface area (Å²) >= 11 is 0. The first kappa shape index (κ1) is 13.0. The van der Waals surface area contributed by atoms with Crippen LogP contribution in [-0.4, -0.2) is 6.54 Å². The molecule has 0 bridgehead atoms. The molecule has 0 heterocycles. The summed E-state index contributed by atoms with van der Waals surface area (Å²) < 4.78 is 0. The molecule has 1 atom stereocenters. The lowest BCUT2D eigenvalue weighted by molar-refractivity contribution is 0.570. The van der Waals surface area contributed by atoms with Crippen molar-refractivity contribution >= 4 is 0 Å². The van der Waals surface area contributed by atoms with Crippen molar-refractivity contribution in [3.8, 4) is 0 Å². The van der Waals surface area contributed by atoms with Crippen LogP contribution >= 0.6 is 0 Å². The molecule has 0 saturated heterocycles. The minimum atomic E-state index is 0.394. The first-order valence-electron chi connectivity index (χ1n) is 6.04. The number of rotatable bonds is 6. The second-order valence-corrected chi connectivity index (χ2v) is 4.86. The third kappa shape index (κ3) is 4.63. The van der Waals surface area contributed by atoms with Gasteiger partial charge in [0, 0.05) is 12.6 Å². The normalized spacial score (nSPS) is 12.8. The monoisotopic (exact) mass is 217 g/mol. The third-order valence-corrected chi connectivity index (χ3v) is 2.65. The Hall–Kier alpha value is -1.08. The molecule has 0 saturated carbocycles. The molecule has 1 aromatic carbocycles. The van der Waals surface area contributed by atoms with Gasteiger partial charge in [0.2, 0.25) is 0 Å². The van der Waals surface area contributed by atoms with E-state index >= 15 is 0 Å². The third-order valence-electron chi connectivity index (χ3n) is 2.65. The summed E-state index contributed by atoms with van der Waals surface area (Å²) in [5, 5.41) is 3.50. The van der Waals surface area contributed by atoms with Crippen molar-refractivity contribution in [2.75, 3.05) is 6.54 Å². The van der Waals surface area contributed by atoms with Gasteiger partial charge in [-0.3, -0.25) is 0 Å². The van der Waals surface area contributed by atoms with Crippen molar-refractivity contribution in [2.24, 2.45) is 5.92 Å². The molecule has 0 aliphatic carbocycles. The molecule has 1 rings (SSSR count). The van der Waals surface area contributed by atoms with Crippen LogP contribution in [0, 0.1) is 5.92 Å². The van der Waals surface area contributed by atoms with Crippen molar-refractivity contribution in [1.82, 2.24) is 5.32 Å². The summed E-state index contributed by atoms with van der Waals surface area (Å²) in [5.41, 5.74) is 2.62. The van der Waals surface area contributed by atoms with E-state index in [1.54, 1.807) is 0 Å². The zero-order chi connectivity index (χ0) is 12.0. The van der Waals surface area contributed by atoms with Gasteiger partial charge in [0.15, 0.2) is 0 Å². The summed E-state index contributed by atoms with van der Waals surface area (Å²) in [5.74, 6) is 0.696. The van der Waals surface area contributed by atoms with Gasteiger partial charge in [-0.25, -0.2) is 0 Å². The van der Waals surface area contributed by atoms with Gasteiger partial charge in [0.25, 0.3) is 0 Å². The van der Waals surface area contributed by atoms with E-state index in [0.717, 1.165) is 13.0 Å². The Bertz CT molecular complexity index is 313. The van der Waals surface area contributed by atoms with E-state index in [-0.39, 0.29) is 0 Å². The van der Waals surface area contributed by atoms with Crippen LogP contribution in [0.2, 0.25) is 0 Å². The molecule has 0 amide bonds. The van der Waals surface area contributed by atoms with Gasteiger partial charge in [0.05, 0.1) is 0 Å². The molecule has 1 heteroatoms. The lowest BCUT2D eigenvalue weighted by Crippen LogP contribution is -2.21. The van der Waals surface area contributed by atoms with Crippen LogP contribution < -0.4 is 5.32 Å². The molecular weight excluding hydrogens is 194 g/mol. The molecule has 88 valence electrons. The SMILES string of the molecule is C=C(CNC(C)c1ccccc1)CC(C)C. The van der Waals surface area contributed by atoms with Crippen LogP contribution in [0.5, 0.6) is 0 Å². The van der Waals surface area contributed by atoms with Gasteiger partial charge in [0.1, 0.15) is 0 Å². The lowest BCUT2D eigenvalue weighted by atomic mass is 10.0. The van der Waals surface area contributed by atoms with Crippen molar-refractivity contribution in [1.29, 1.82) is 0 Å². The van der Waals surface area contributed by atoms with Crippen LogP contribution in [0.25, 0.3) is 0 Å². The highest BCUT2D eigenvalue weighted by molar-refractivity contribution is 5.18. The van der Waals surface area contributed by atoms with Crippen LogP contribution in [0.4, 0.5) is 0 Å². The Balaban J connectivity index is 2.36. The molecule has 0 radical (unpaired) electrons. The second-order valence-electron chi connectivity index (χ2n) is 4.86. The van der Waals surface area contributed by atoms with E-state index in [9.17, 15) is 0 Å². The van der Waals surface area contributed by atoms with Gasteiger partial charge in [-0.1, -0.05) is 56.3 Å². The Morgan fingerprint density at radius 3 is 2.38 bits per heavy atom. The van der Waals surface area contributed by atoms with Gasteiger partial charge in [-0.05, 0) is 24.8 Å². The van der Waals surface area contributed by atoms with Gasteiger partial charge in [-0.15, -0.1) is 0 Å². The molecule has 0 aliphatic heterocycles. The molecule has 0 aliphatic rings. The molecule has 1 N–H and O–H groups in total. The van der Waals surface area contributed by atoms with Crippen molar-refractivity contribution in [3.63, 3.8) is 0 Å². The fourth-order valence-electron chi connectivity index (χ4n) is 1.81. The molecule has 1 unspecified atom stereocenters. The summed E-state index contributed by atoms with van der Waals surface area (Å²) in [6.07, 6.45) is 1.11. The zero-order valence-corrected chi connectivity index (χ0v) is 10.7. The van der Waals surface area contributed by atoms with E-state index in [1.165, 1.54) is 11.1 Å². The molecular formula is C15H23N. The minimum Gasteiger partial charge on any atom is -0.306 e. The number of nitrogens with one attached hydrogen (secondary N) is 1. The molecule has 0 spiro atoms. The first-order chi connectivity index (χ1) is 7.59. The maximum Gasteiger partial charge on any atom is 0.0294 e. The average Bonchev–Trinajstić information content (AvgIpc) is 2.26. The standard InChI is InChI=1S/C15H23N/c1-12(2)10-13(3)11-16-14(4)15-8-6-5-7-9-15/h5-9,12,14,16H,3,10-11H2,1-2,4H3. The van der Waals surface area contributed by atoms with Crippen LogP contribution in [-0.2, 0) is 0 Å². The molecule has 0 fully saturated rings. The highest BCUT2D eigenvalue weighted by Crippen LogP contribution is 2.13. The topological polar surface area (TPSA) is 12.0 Å². The Labute approximate surface area is 99.6 Å². The summed E-state index contributed by atoms with van der Waals surface area (Å²) in [4.78, 5) is 0. The molecule has 1 aromatic rings. The fraction of sp³-hybridized carbons (Fsp3) is 0.467. The highest BCUT2D eigenvalue weighted by atomic mass is 14.9. The summed E-state index contributed by atoms with van der Waals surface area (Å²) in [7, 11) is 0. The van der Waals surface area contributed by atoms with Crippen molar-refractivity contribution in [2.45, 2.75) is 33.2 Å². The van der Waals surface area contributed by atoms with Gasteiger partial charge >= 0.3 is 0 Å². The van der Waals surface area contributed by atoms with E-state index in [0.29, 0.717) is 12.0 Å². The minimum absolute atomic E-state index is 0.394. The van der Waals surface area contributed by atoms with E-state index in [4.69, 9.17) is 0 Å². The largest absolute Gasteiger partial charge is 0.306 e. The zero-order valence-electron chi connectivity index (χ0n) is 10.7. The Morgan fingerprint density at radius 2 is 1.81 bits per heavy atom. The highest BCUT2D eigenvalue weighted by Gasteiger charge is 2.05. The van der Waals surface area contributed by atoms with Gasteiger partial charge in [-0.2, -0.15) is 0 Å². The lowest BCUT2D eigenvalue weighted by Gasteiger charge is -2.16. The maximum atomic E-state index is 4.10. The molecule has 1 nitrogen and oxygen atoms in total.